The summed E-state index contributed by atoms with van der Waals surface area (Å²) in [5.41, 5.74) is 0. The molecular formula is C11H18N2O3S2. The molecule has 1 rings (SSSR count). The van der Waals surface area contributed by atoms with Crippen molar-refractivity contribution >= 4 is 27.3 Å². The van der Waals surface area contributed by atoms with E-state index in [1.807, 2.05) is 24.4 Å². The van der Waals surface area contributed by atoms with E-state index in [0.717, 1.165) is 4.88 Å². The summed E-state index contributed by atoms with van der Waals surface area (Å²) < 4.78 is 21.5. The first-order chi connectivity index (χ1) is 8.31. The molecule has 0 unspecified atom stereocenters. The summed E-state index contributed by atoms with van der Waals surface area (Å²) in [7, 11) is -1.75. The van der Waals surface area contributed by atoms with Gasteiger partial charge in [0.2, 0.25) is 15.9 Å². The minimum atomic E-state index is -3.48. The third-order valence-electron chi connectivity index (χ3n) is 2.75. The molecule has 1 heterocycles. The van der Waals surface area contributed by atoms with E-state index in [4.69, 9.17) is 5.14 Å². The van der Waals surface area contributed by atoms with E-state index in [1.54, 1.807) is 23.3 Å². The first kappa shape index (κ1) is 15.1. The monoisotopic (exact) mass is 290 g/mol. The van der Waals surface area contributed by atoms with Crippen molar-refractivity contribution in [1.82, 2.24) is 4.90 Å². The van der Waals surface area contributed by atoms with Crippen LogP contribution in [0.4, 0.5) is 0 Å². The molecule has 0 aliphatic rings. The minimum absolute atomic E-state index is 0.00647. The molecule has 0 aliphatic heterocycles. The van der Waals surface area contributed by atoms with E-state index in [9.17, 15) is 13.2 Å². The molecule has 5 nitrogen and oxygen atoms in total. The van der Waals surface area contributed by atoms with Crippen LogP contribution in [0.1, 0.15) is 30.7 Å². The molecule has 1 atom stereocenters. The predicted octanol–water partition coefficient (Wildman–Crippen LogP) is 1.34. The number of primary sulfonamides is 1. The number of thiophene rings is 1. The Balaban J connectivity index is 2.47. The van der Waals surface area contributed by atoms with Gasteiger partial charge < -0.3 is 4.90 Å². The van der Waals surface area contributed by atoms with E-state index < -0.39 is 10.0 Å². The predicted molar refractivity (Wildman–Crippen MR) is 72.7 cm³/mol. The Morgan fingerprint density at radius 3 is 2.72 bits per heavy atom. The SMILES string of the molecule is C[C@@H](c1cccs1)N(C)C(=O)CCCS(N)(=O)=O. The fourth-order valence-corrected chi connectivity index (χ4v) is 2.91. The van der Waals surface area contributed by atoms with Gasteiger partial charge in [-0.05, 0) is 24.8 Å². The molecule has 0 aliphatic carbocycles. The zero-order valence-corrected chi connectivity index (χ0v) is 12.1. The van der Waals surface area contributed by atoms with Crippen LogP contribution in [0.3, 0.4) is 0 Å². The largest absolute Gasteiger partial charge is 0.338 e. The highest BCUT2D eigenvalue weighted by atomic mass is 32.2. The number of amides is 1. The molecule has 1 amide bonds. The van der Waals surface area contributed by atoms with Gasteiger partial charge in [0.25, 0.3) is 0 Å². The summed E-state index contributed by atoms with van der Waals surface area (Å²) in [4.78, 5) is 14.6. The average molecular weight is 290 g/mol. The fourth-order valence-electron chi connectivity index (χ4n) is 1.54. The summed E-state index contributed by atoms with van der Waals surface area (Å²) >= 11 is 1.60. The zero-order chi connectivity index (χ0) is 13.8. The van der Waals surface area contributed by atoms with Crippen molar-refractivity contribution in [3.05, 3.63) is 22.4 Å². The summed E-state index contributed by atoms with van der Waals surface area (Å²) in [6, 6.07) is 3.92. The van der Waals surface area contributed by atoms with Gasteiger partial charge in [0.1, 0.15) is 0 Å². The van der Waals surface area contributed by atoms with E-state index in [2.05, 4.69) is 0 Å². The lowest BCUT2D eigenvalue weighted by Crippen LogP contribution is -2.29. The van der Waals surface area contributed by atoms with Crippen LogP contribution in [0, 0.1) is 0 Å². The summed E-state index contributed by atoms with van der Waals surface area (Å²) in [6.07, 6.45) is 0.460. The van der Waals surface area contributed by atoms with Crippen molar-refractivity contribution in [2.45, 2.75) is 25.8 Å². The lowest BCUT2D eigenvalue weighted by Gasteiger charge is -2.24. The van der Waals surface area contributed by atoms with E-state index in [-0.39, 0.29) is 30.5 Å². The topological polar surface area (TPSA) is 80.5 Å². The number of rotatable bonds is 6. The van der Waals surface area contributed by atoms with Crippen LogP contribution in [0.2, 0.25) is 0 Å². The fraction of sp³-hybridized carbons (Fsp3) is 0.545. The van der Waals surface area contributed by atoms with Gasteiger partial charge in [0, 0.05) is 18.3 Å². The molecule has 0 radical (unpaired) electrons. The second-order valence-corrected chi connectivity index (χ2v) is 6.88. The van der Waals surface area contributed by atoms with Gasteiger partial charge >= 0.3 is 0 Å². The molecule has 1 aromatic rings. The Labute approximate surface area is 112 Å². The number of nitrogens with zero attached hydrogens (tertiary/aromatic N) is 1. The Morgan fingerprint density at radius 2 is 2.22 bits per heavy atom. The molecule has 102 valence electrons. The molecule has 0 aromatic carbocycles. The van der Waals surface area contributed by atoms with Crippen molar-refractivity contribution in [1.29, 1.82) is 0 Å². The summed E-state index contributed by atoms with van der Waals surface area (Å²) in [6.45, 7) is 1.95. The van der Waals surface area contributed by atoms with Gasteiger partial charge in [-0.1, -0.05) is 6.07 Å². The molecular weight excluding hydrogens is 272 g/mol. The quantitative estimate of drug-likeness (QED) is 0.858. The van der Waals surface area contributed by atoms with E-state index >= 15 is 0 Å². The molecule has 0 spiro atoms. The number of carbonyl (C=O) groups is 1. The molecule has 0 fully saturated rings. The van der Waals surface area contributed by atoms with Crippen LogP contribution in [0.5, 0.6) is 0 Å². The highest BCUT2D eigenvalue weighted by Crippen LogP contribution is 2.23. The number of carbonyl (C=O) groups excluding carboxylic acids is 1. The summed E-state index contributed by atoms with van der Waals surface area (Å²) in [5, 5.41) is 6.85. The minimum Gasteiger partial charge on any atom is -0.338 e. The van der Waals surface area contributed by atoms with E-state index in [1.165, 1.54) is 0 Å². The normalized spacial score (nSPS) is 13.3. The zero-order valence-electron chi connectivity index (χ0n) is 10.5. The van der Waals surface area contributed by atoms with Gasteiger partial charge in [-0.3, -0.25) is 4.79 Å². The molecule has 1 aromatic heterocycles. The number of sulfonamides is 1. The van der Waals surface area contributed by atoms with Crippen molar-refractivity contribution < 1.29 is 13.2 Å². The van der Waals surface area contributed by atoms with Crippen molar-refractivity contribution in [3.8, 4) is 0 Å². The molecule has 2 N–H and O–H groups in total. The molecule has 18 heavy (non-hydrogen) atoms. The Hall–Kier alpha value is -0.920. The molecule has 0 saturated heterocycles. The van der Waals surface area contributed by atoms with Gasteiger partial charge in [-0.15, -0.1) is 11.3 Å². The average Bonchev–Trinajstić information content (AvgIpc) is 2.78. The van der Waals surface area contributed by atoms with Crippen molar-refractivity contribution in [3.63, 3.8) is 0 Å². The van der Waals surface area contributed by atoms with Crippen molar-refractivity contribution in [2.24, 2.45) is 5.14 Å². The first-order valence-corrected chi connectivity index (χ1v) is 8.20. The van der Waals surface area contributed by atoms with Crippen LogP contribution >= 0.6 is 11.3 Å². The highest BCUT2D eigenvalue weighted by Gasteiger charge is 2.18. The third-order valence-corrected chi connectivity index (χ3v) is 4.65. The Morgan fingerprint density at radius 1 is 1.56 bits per heavy atom. The second-order valence-electron chi connectivity index (χ2n) is 4.17. The summed E-state index contributed by atoms with van der Waals surface area (Å²) in [5.74, 6) is -0.223. The van der Waals surface area contributed by atoms with Crippen molar-refractivity contribution in [2.75, 3.05) is 12.8 Å². The van der Waals surface area contributed by atoms with Gasteiger partial charge in [0.05, 0.1) is 11.8 Å². The van der Waals surface area contributed by atoms with Gasteiger partial charge in [-0.2, -0.15) is 0 Å². The Bertz CT molecular complexity index is 482. The van der Waals surface area contributed by atoms with Crippen LogP contribution < -0.4 is 5.14 Å². The second kappa shape index (κ2) is 6.31. The first-order valence-electron chi connectivity index (χ1n) is 5.61. The lowest BCUT2D eigenvalue weighted by atomic mass is 10.2. The number of hydrogen-bond acceptors (Lipinski definition) is 4. The van der Waals surface area contributed by atoms with Gasteiger partial charge in [-0.25, -0.2) is 13.6 Å². The maximum Gasteiger partial charge on any atom is 0.222 e. The standard InChI is InChI=1S/C11H18N2O3S2/c1-9(10-5-3-7-17-10)13(2)11(14)6-4-8-18(12,15)16/h3,5,7,9H,4,6,8H2,1-2H3,(H2,12,15,16)/t9-/m0/s1. The van der Waals surface area contributed by atoms with Crippen LogP contribution in [0.25, 0.3) is 0 Å². The number of hydrogen-bond donors (Lipinski definition) is 1. The maximum absolute atomic E-state index is 11.9. The third kappa shape index (κ3) is 4.75. The van der Waals surface area contributed by atoms with Gasteiger partial charge in [0.15, 0.2) is 0 Å². The van der Waals surface area contributed by atoms with Crippen LogP contribution in [0.15, 0.2) is 17.5 Å². The smallest absolute Gasteiger partial charge is 0.222 e. The molecule has 0 bridgehead atoms. The van der Waals surface area contributed by atoms with E-state index in [0.29, 0.717) is 0 Å². The Kier molecular flexibility index (Phi) is 5.30. The van der Waals surface area contributed by atoms with Crippen LogP contribution in [-0.2, 0) is 14.8 Å². The molecule has 7 heteroatoms. The number of nitrogens with two attached hydrogens (primary N) is 1. The highest BCUT2D eigenvalue weighted by molar-refractivity contribution is 7.89. The molecule has 0 saturated carbocycles. The van der Waals surface area contributed by atoms with Crippen LogP contribution in [-0.4, -0.2) is 32.0 Å². The maximum atomic E-state index is 11.9. The lowest BCUT2D eigenvalue weighted by molar-refractivity contribution is -0.131.